The zero-order valence-corrected chi connectivity index (χ0v) is 16.0. The van der Waals surface area contributed by atoms with Gasteiger partial charge in [0.1, 0.15) is 17.7 Å². The maximum atomic E-state index is 13.5. The zero-order chi connectivity index (χ0) is 19.1. The van der Waals surface area contributed by atoms with Crippen LogP contribution in [0, 0.1) is 22.7 Å². The van der Waals surface area contributed by atoms with Crippen molar-refractivity contribution in [2.24, 2.45) is 11.3 Å². The largest absolute Gasteiger partial charge is 0.444 e. The molecule has 3 rings (SSSR count). The number of nitriles is 1. The van der Waals surface area contributed by atoms with Crippen LogP contribution in [0.2, 0.25) is 0 Å². The van der Waals surface area contributed by atoms with E-state index in [4.69, 9.17) is 4.74 Å². The number of amides is 2. The van der Waals surface area contributed by atoms with Crippen LogP contribution < -0.4 is 5.32 Å². The Morgan fingerprint density at radius 1 is 1.35 bits per heavy atom. The first kappa shape index (κ1) is 18.8. The number of likely N-dealkylation sites (tertiary alicyclic amines) is 1. The lowest BCUT2D eigenvalue weighted by Crippen LogP contribution is -2.58. The van der Waals surface area contributed by atoms with Crippen molar-refractivity contribution in [3.63, 3.8) is 0 Å². The van der Waals surface area contributed by atoms with Gasteiger partial charge in [-0.25, -0.2) is 4.79 Å². The number of carbonyl (C=O) groups is 2. The standard InChI is InChI=1S/C20H29N3O3/c1-5-20(8-6-7-9-20)16(22-18(25)26-19(2,3)4)17(24)23-14(12-21)10-13-11-15(13)23/h5,13-16H,1,6-11H2,2-4H3,(H,22,25)/t13-,14+,15+,16-/m1/s1. The first-order chi connectivity index (χ1) is 12.2. The summed E-state index contributed by atoms with van der Waals surface area (Å²) in [5.74, 6) is 0.281. The molecule has 3 fully saturated rings. The number of fused-ring (bicyclic) bond motifs is 1. The second-order valence-electron chi connectivity index (χ2n) is 8.91. The molecule has 1 N–H and O–H groups in total. The molecule has 4 atom stereocenters. The van der Waals surface area contributed by atoms with Gasteiger partial charge in [-0.3, -0.25) is 4.79 Å². The Kier molecular flexibility index (Phi) is 4.76. The van der Waals surface area contributed by atoms with Gasteiger partial charge in [-0.15, -0.1) is 6.58 Å². The van der Waals surface area contributed by atoms with E-state index in [0.717, 1.165) is 38.5 Å². The van der Waals surface area contributed by atoms with Crippen LogP contribution >= 0.6 is 0 Å². The molecule has 0 radical (unpaired) electrons. The highest BCUT2D eigenvalue weighted by Crippen LogP contribution is 2.50. The summed E-state index contributed by atoms with van der Waals surface area (Å²) < 4.78 is 5.40. The molecule has 6 nitrogen and oxygen atoms in total. The van der Waals surface area contributed by atoms with Crippen molar-refractivity contribution >= 4 is 12.0 Å². The third kappa shape index (κ3) is 3.44. The lowest BCUT2D eigenvalue weighted by atomic mass is 9.77. The first-order valence-corrected chi connectivity index (χ1v) is 9.56. The van der Waals surface area contributed by atoms with Crippen molar-refractivity contribution in [2.75, 3.05) is 0 Å². The van der Waals surface area contributed by atoms with Crippen molar-refractivity contribution in [2.45, 2.75) is 83.0 Å². The summed E-state index contributed by atoms with van der Waals surface area (Å²) in [5.41, 5.74) is -1.11. The molecular formula is C20H29N3O3. The summed E-state index contributed by atoms with van der Waals surface area (Å²) in [4.78, 5) is 27.6. The van der Waals surface area contributed by atoms with E-state index in [-0.39, 0.29) is 11.9 Å². The number of piperidine rings is 1. The fraction of sp³-hybridized carbons (Fsp3) is 0.750. The molecule has 0 unspecified atom stereocenters. The molecule has 0 aromatic rings. The fourth-order valence-corrected chi connectivity index (χ4v) is 4.56. The second kappa shape index (κ2) is 6.61. The average molecular weight is 359 g/mol. The van der Waals surface area contributed by atoms with Crippen LogP contribution in [0.5, 0.6) is 0 Å². The monoisotopic (exact) mass is 359 g/mol. The van der Waals surface area contributed by atoms with Gasteiger partial charge in [0.25, 0.3) is 0 Å². The van der Waals surface area contributed by atoms with Gasteiger partial charge in [0.05, 0.1) is 6.07 Å². The quantitative estimate of drug-likeness (QED) is 0.782. The second-order valence-corrected chi connectivity index (χ2v) is 8.91. The van der Waals surface area contributed by atoms with Crippen molar-refractivity contribution in [3.05, 3.63) is 12.7 Å². The Morgan fingerprint density at radius 3 is 2.54 bits per heavy atom. The van der Waals surface area contributed by atoms with Crippen LogP contribution in [0.1, 0.15) is 59.3 Å². The molecule has 2 saturated carbocycles. The van der Waals surface area contributed by atoms with E-state index in [2.05, 4.69) is 18.0 Å². The molecule has 2 aliphatic carbocycles. The maximum absolute atomic E-state index is 13.5. The molecule has 0 aromatic carbocycles. The number of nitrogens with zero attached hydrogens (tertiary/aromatic N) is 2. The topological polar surface area (TPSA) is 82.4 Å². The van der Waals surface area contributed by atoms with Gasteiger partial charge in [0.2, 0.25) is 5.91 Å². The van der Waals surface area contributed by atoms with Gasteiger partial charge in [0.15, 0.2) is 0 Å². The minimum absolute atomic E-state index is 0.151. The predicted octanol–water partition coefficient (Wildman–Crippen LogP) is 3.14. The first-order valence-electron chi connectivity index (χ1n) is 9.56. The molecule has 6 heteroatoms. The summed E-state index contributed by atoms with van der Waals surface area (Å²) >= 11 is 0. The summed E-state index contributed by atoms with van der Waals surface area (Å²) in [6, 6.07) is 1.29. The van der Waals surface area contributed by atoms with E-state index >= 15 is 0 Å². The highest BCUT2D eigenvalue weighted by atomic mass is 16.6. The lowest BCUT2D eigenvalue weighted by molar-refractivity contribution is -0.137. The Bertz CT molecular complexity index is 640. The third-order valence-electron chi connectivity index (χ3n) is 5.93. The third-order valence-corrected chi connectivity index (χ3v) is 5.93. The smallest absolute Gasteiger partial charge is 0.408 e. The minimum atomic E-state index is -0.729. The number of nitrogens with one attached hydrogen (secondary N) is 1. The zero-order valence-electron chi connectivity index (χ0n) is 16.0. The van der Waals surface area contributed by atoms with Gasteiger partial charge in [-0.1, -0.05) is 18.9 Å². The predicted molar refractivity (Wildman–Crippen MR) is 97.0 cm³/mol. The van der Waals surface area contributed by atoms with E-state index in [1.54, 1.807) is 25.7 Å². The van der Waals surface area contributed by atoms with Crippen molar-refractivity contribution < 1.29 is 14.3 Å². The molecule has 1 aliphatic heterocycles. The van der Waals surface area contributed by atoms with Crippen molar-refractivity contribution in [1.29, 1.82) is 5.26 Å². The van der Waals surface area contributed by atoms with Crippen molar-refractivity contribution in [1.82, 2.24) is 10.2 Å². The molecule has 0 aromatic heterocycles. The molecule has 0 spiro atoms. The lowest BCUT2D eigenvalue weighted by Gasteiger charge is -2.38. The van der Waals surface area contributed by atoms with Crippen LogP contribution in [-0.4, -0.2) is 40.6 Å². The normalized spacial score (nSPS) is 30.1. The van der Waals surface area contributed by atoms with Crippen LogP contribution in [-0.2, 0) is 9.53 Å². The van der Waals surface area contributed by atoms with Crippen LogP contribution in [0.25, 0.3) is 0 Å². The van der Waals surface area contributed by atoms with E-state index in [1.165, 1.54) is 0 Å². The summed E-state index contributed by atoms with van der Waals surface area (Å²) in [5, 5.41) is 12.3. The summed E-state index contributed by atoms with van der Waals surface area (Å²) in [6.45, 7) is 9.35. The molecule has 0 bridgehead atoms. The number of carbonyl (C=O) groups excluding carboxylic acids is 2. The molecule has 3 aliphatic rings. The molecule has 1 heterocycles. The number of hydrogen-bond acceptors (Lipinski definition) is 4. The molecule has 142 valence electrons. The van der Waals surface area contributed by atoms with Gasteiger partial charge in [0, 0.05) is 11.5 Å². The van der Waals surface area contributed by atoms with Crippen LogP contribution in [0.15, 0.2) is 12.7 Å². The van der Waals surface area contributed by atoms with Gasteiger partial charge < -0.3 is 15.0 Å². The van der Waals surface area contributed by atoms with E-state index in [9.17, 15) is 14.9 Å². The fourth-order valence-electron chi connectivity index (χ4n) is 4.56. The molecule has 1 saturated heterocycles. The SMILES string of the molecule is C=CC1([C@H](NC(=O)OC(C)(C)C)C(=O)N2[C@H](C#N)C[C@@H]3C[C@@H]32)CCCC1. The Hall–Kier alpha value is -2.03. The van der Waals surface area contributed by atoms with Crippen molar-refractivity contribution in [3.8, 4) is 6.07 Å². The Morgan fingerprint density at radius 2 is 2.00 bits per heavy atom. The maximum Gasteiger partial charge on any atom is 0.408 e. The summed E-state index contributed by atoms with van der Waals surface area (Å²) in [6.07, 6.45) is 6.55. The van der Waals surface area contributed by atoms with Gasteiger partial charge in [-0.05, 0) is 52.4 Å². The molecule has 26 heavy (non-hydrogen) atoms. The minimum Gasteiger partial charge on any atom is -0.444 e. The molecular weight excluding hydrogens is 330 g/mol. The highest BCUT2D eigenvalue weighted by molar-refractivity contribution is 5.88. The number of rotatable bonds is 4. The Balaban J connectivity index is 1.85. The van der Waals surface area contributed by atoms with Crippen LogP contribution in [0.3, 0.4) is 0 Å². The van der Waals surface area contributed by atoms with Gasteiger partial charge in [-0.2, -0.15) is 5.26 Å². The number of ether oxygens (including phenoxy) is 1. The highest BCUT2D eigenvalue weighted by Gasteiger charge is 2.57. The number of hydrogen-bond donors (Lipinski definition) is 1. The summed E-state index contributed by atoms with van der Waals surface area (Å²) in [7, 11) is 0. The Labute approximate surface area is 155 Å². The average Bonchev–Trinajstić information content (AvgIpc) is 3.01. The van der Waals surface area contributed by atoms with E-state index in [1.807, 2.05) is 6.08 Å². The number of alkyl carbamates (subject to hydrolysis) is 1. The molecule has 2 amide bonds. The van der Waals surface area contributed by atoms with Gasteiger partial charge >= 0.3 is 6.09 Å². The van der Waals surface area contributed by atoms with Crippen LogP contribution in [0.4, 0.5) is 4.79 Å². The van der Waals surface area contributed by atoms with E-state index < -0.39 is 29.2 Å². The van der Waals surface area contributed by atoms with E-state index in [0.29, 0.717) is 5.92 Å².